The van der Waals surface area contributed by atoms with Crippen LogP contribution in [0.5, 0.6) is 11.5 Å². The van der Waals surface area contributed by atoms with E-state index in [9.17, 15) is 9.90 Å². The van der Waals surface area contributed by atoms with Gasteiger partial charge in [-0.1, -0.05) is 24.3 Å². The number of amidine groups is 1. The molecule has 4 aromatic rings. The van der Waals surface area contributed by atoms with E-state index in [0.717, 1.165) is 33.8 Å². The molecule has 7 nitrogen and oxygen atoms in total. The van der Waals surface area contributed by atoms with Crippen molar-refractivity contribution in [2.45, 2.75) is 6.92 Å². The number of aliphatic imine (C=N–C) groups is 1. The third-order valence-electron chi connectivity index (χ3n) is 5.42. The number of carbonyl (C=O) groups is 1. The number of para-hydroxylation sites is 1. The van der Waals surface area contributed by atoms with Crippen molar-refractivity contribution in [2.75, 3.05) is 7.11 Å². The number of carbonyl (C=O) groups excluding carboxylic acids is 1. The SMILES string of the molecule is COc1ccc(-c2nn(-c3ccccc3)cc2/C=C2\SC(=Nc3cc(C)ccc3O)NC2=O)cc1. The maximum atomic E-state index is 12.8. The van der Waals surface area contributed by atoms with Crippen molar-refractivity contribution < 1.29 is 14.6 Å². The Morgan fingerprint density at radius 1 is 1.09 bits per heavy atom. The molecule has 5 rings (SSSR count). The van der Waals surface area contributed by atoms with Crippen molar-refractivity contribution in [2.24, 2.45) is 4.99 Å². The van der Waals surface area contributed by atoms with Crippen molar-refractivity contribution in [3.63, 3.8) is 0 Å². The lowest BCUT2D eigenvalue weighted by molar-refractivity contribution is -0.115. The van der Waals surface area contributed by atoms with Gasteiger partial charge in [-0.15, -0.1) is 0 Å². The number of phenols is 1. The molecule has 174 valence electrons. The van der Waals surface area contributed by atoms with E-state index in [-0.39, 0.29) is 11.7 Å². The number of hydrogen-bond acceptors (Lipinski definition) is 6. The maximum Gasteiger partial charge on any atom is 0.264 e. The zero-order valence-electron chi connectivity index (χ0n) is 19.1. The van der Waals surface area contributed by atoms with Crippen LogP contribution in [-0.2, 0) is 4.79 Å². The number of thioether (sulfide) groups is 1. The monoisotopic (exact) mass is 482 g/mol. The first-order valence-electron chi connectivity index (χ1n) is 10.9. The molecule has 1 amide bonds. The van der Waals surface area contributed by atoms with Gasteiger partial charge < -0.3 is 15.2 Å². The highest BCUT2D eigenvalue weighted by atomic mass is 32.2. The van der Waals surface area contributed by atoms with Crippen LogP contribution in [0, 0.1) is 6.92 Å². The second kappa shape index (κ2) is 9.52. The Bertz CT molecular complexity index is 1460. The van der Waals surface area contributed by atoms with Crippen molar-refractivity contribution in [3.05, 3.63) is 95.0 Å². The van der Waals surface area contributed by atoms with Gasteiger partial charge in [0.05, 0.1) is 23.4 Å². The Morgan fingerprint density at radius 2 is 1.86 bits per heavy atom. The van der Waals surface area contributed by atoms with Crippen LogP contribution in [0.15, 0.2) is 88.9 Å². The van der Waals surface area contributed by atoms with Crippen molar-refractivity contribution >= 4 is 34.6 Å². The lowest BCUT2D eigenvalue weighted by Crippen LogP contribution is -2.19. The predicted octanol–water partition coefficient (Wildman–Crippen LogP) is 5.45. The van der Waals surface area contributed by atoms with Gasteiger partial charge >= 0.3 is 0 Å². The number of aromatic hydroxyl groups is 1. The van der Waals surface area contributed by atoms with Gasteiger partial charge in [-0.3, -0.25) is 4.79 Å². The average Bonchev–Trinajstić information content (AvgIpc) is 3.45. The van der Waals surface area contributed by atoms with Gasteiger partial charge in [0.15, 0.2) is 5.17 Å². The topological polar surface area (TPSA) is 88.7 Å². The Kier molecular flexibility index (Phi) is 6.12. The standard InChI is InChI=1S/C27H22N4O3S/c1-17-8-13-23(32)22(14-17)28-27-29-26(33)24(35-27)15-19-16-31(20-6-4-3-5-7-20)30-25(19)18-9-11-21(34-2)12-10-18/h3-16,32H,1-2H3,(H,28,29,33)/b24-15-. The molecule has 3 aromatic carbocycles. The lowest BCUT2D eigenvalue weighted by Gasteiger charge is -2.03. The summed E-state index contributed by atoms with van der Waals surface area (Å²) in [5.74, 6) is 0.553. The van der Waals surface area contributed by atoms with E-state index >= 15 is 0 Å². The fraction of sp³-hybridized carbons (Fsp3) is 0.0741. The van der Waals surface area contributed by atoms with Gasteiger partial charge in [-0.2, -0.15) is 5.10 Å². The Balaban J connectivity index is 1.53. The molecule has 2 N–H and O–H groups in total. The van der Waals surface area contributed by atoms with Crippen molar-refractivity contribution in [3.8, 4) is 28.4 Å². The molecule has 35 heavy (non-hydrogen) atoms. The lowest BCUT2D eigenvalue weighted by atomic mass is 10.1. The zero-order chi connectivity index (χ0) is 24.4. The van der Waals surface area contributed by atoms with Crippen LogP contribution < -0.4 is 10.1 Å². The van der Waals surface area contributed by atoms with E-state index in [1.165, 1.54) is 11.8 Å². The van der Waals surface area contributed by atoms with Crippen LogP contribution in [0.1, 0.15) is 11.1 Å². The van der Waals surface area contributed by atoms with Crippen LogP contribution in [0.3, 0.4) is 0 Å². The first kappa shape index (κ1) is 22.5. The number of benzene rings is 3. The molecule has 8 heteroatoms. The summed E-state index contributed by atoms with van der Waals surface area (Å²) in [5.41, 5.74) is 4.70. The maximum absolute atomic E-state index is 12.8. The Hall–Kier alpha value is -4.30. The van der Waals surface area contributed by atoms with Gasteiger partial charge in [0.2, 0.25) is 0 Å². The van der Waals surface area contributed by atoms with Gasteiger partial charge in [-0.05, 0) is 78.9 Å². The summed E-state index contributed by atoms with van der Waals surface area (Å²) >= 11 is 1.22. The molecular weight excluding hydrogens is 460 g/mol. The summed E-state index contributed by atoms with van der Waals surface area (Å²) in [7, 11) is 1.63. The van der Waals surface area contributed by atoms with Crippen LogP contribution in [0.4, 0.5) is 5.69 Å². The molecule has 1 saturated heterocycles. The van der Waals surface area contributed by atoms with E-state index in [1.54, 1.807) is 30.0 Å². The number of methoxy groups -OCH3 is 1. The van der Waals surface area contributed by atoms with Gasteiger partial charge in [0.1, 0.15) is 17.2 Å². The molecule has 0 saturated carbocycles. The largest absolute Gasteiger partial charge is 0.506 e. The highest BCUT2D eigenvalue weighted by molar-refractivity contribution is 8.18. The van der Waals surface area contributed by atoms with Crippen LogP contribution in [0.2, 0.25) is 0 Å². The molecule has 0 atom stereocenters. The number of aryl methyl sites for hydroxylation is 1. The first-order chi connectivity index (χ1) is 17.0. The van der Waals surface area contributed by atoms with Crippen LogP contribution in [0.25, 0.3) is 23.0 Å². The van der Waals surface area contributed by atoms with Crippen LogP contribution >= 0.6 is 11.8 Å². The number of ether oxygens (including phenoxy) is 1. The first-order valence-corrected chi connectivity index (χ1v) is 11.7. The van der Waals surface area contributed by atoms with Gasteiger partial charge in [0.25, 0.3) is 5.91 Å². The minimum atomic E-state index is -0.256. The highest BCUT2D eigenvalue weighted by Crippen LogP contribution is 2.34. The molecule has 0 aliphatic carbocycles. The summed E-state index contributed by atoms with van der Waals surface area (Å²) in [6.45, 7) is 1.92. The summed E-state index contributed by atoms with van der Waals surface area (Å²) < 4.78 is 7.08. The van der Waals surface area contributed by atoms with Gasteiger partial charge in [0, 0.05) is 17.3 Å². The fourth-order valence-corrected chi connectivity index (χ4v) is 4.46. The number of nitrogens with one attached hydrogen (secondary N) is 1. The van der Waals surface area contributed by atoms with E-state index in [2.05, 4.69) is 10.3 Å². The Labute approximate surface area is 206 Å². The van der Waals surface area contributed by atoms with Crippen molar-refractivity contribution in [1.29, 1.82) is 0 Å². The predicted molar refractivity (Wildman–Crippen MR) is 139 cm³/mol. The molecule has 1 aliphatic rings. The average molecular weight is 483 g/mol. The molecule has 1 aromatic heterocycles. The number of rotatable bonds is 5. The second-order valence-electron chi connectivity index (χ2n) is 7.92. The van der Waals surface area contributed by atoms with Gasteiger partial charge in [-0.25, -0.2) is 9.67 Å². The van der Waals surface area contributed by atoms with Crippen LogP contribution in [-0.4, -0.2) is 33.1 Å². The molecule has 0 unspecified atom stereocenters. The smallest absolute Gasteiger partial charge is 0.264 e. The molecule has 1 aliphatic heterocycles. The van der Waals surface area contributed by atoms with E-state index in [0.29, 0.717) is 15.8 Å². The summed E-state index contributed by atoms with van der Waals surface area (Å²) in [4.78, 5) is 17.7. The van der Waals surface area contributed by atoms with Crippen molar-refractivity contribution in [1.82, 2.24) is 15.1 Å². The minimum absolute atomic E-state index is 0.0568. The molecular formula is C27H22N4O3S. The molecule has 0 radical (unpaired) electrons. The summed E-state index contributed by atoms with van der Waals surface area (Å²) in [6.07, 6.45) is 3.71. The number of hydrogen-bond donors (Lipinski definition) is 2. The highest BCUT2D eigenvalue weighted by Gasteiger charge is 2.25. The second-order valence-corrected chi connectivity index (χ2v) is 8.95. The number of aromatic nitrogens is 2. The third kappa shape index (κ3) is 4.83. The number of amides is 1. The zero-order valence-corrected chi connectivity index (χ0v) is 19.9. The summed E-state index contributed by atoms with van der Waals surface area (Å²) in [6, 6.07) is 22.6. The Morgan fingerprint density at radius 3 is 2.60 bits per heavy atom. The minimum Gasteiger partial charge on any atom is -0.506 e. The number of phenolic OH excluding ortho intramolecular Hbond substituents is 1. The molecule has 0 spiro atoms. The quantitative estimate of drug-likeness (QED) is 0.369. The number of nitrogens with zero attached hydrogens (tertiary/aromatic N) is 3. The molecule has 2 heterocycles. The fourth-order valence-electron chi connectivity index (χ4n) is 3.63. The molecule has 1 fully saturated rings. The molecule has 0 bridgehead atoms. The van der Waals surface area contributed by atoms with E-state index in [1.807, 2.05) is 73.8 Å². The van der Waals surface area contributed by atoms with E-state index in [4.69, 9.17) is 9.84 Å². The normalized spacial score (nSPS) is 15.5. The summed E-state index contributed by atoms with van der Waals surface area (Å²) in [5, 5.41) is 18.1. The third-order valence-corrected chi connectivity index (χ3v) is 6.33. The van der Waals surface area contributed by atoms with E-state index < -0.39 is 0 Å².